The Morgan fingerprint density at radius 1 is 1.04 bits per heavy atom. The van der Waals surface area contributed by atoms with E-state index >= 15 is 0 Å². The molecule has 0 N–H and O–H groups in total. The summed E-state index contributed by atoms with van der Waals surface area (Å²) in [6, 6.07) is 9.78. The lowest BCUT2D eigenvalue weighted by atomic mass is 9.95. The van der Waals surface area contributed by atoms with Crippen molar-refractivity contribution in [3.05, 3.63) is 48.3 Å². The second kappa shape index (κ2) is 6.47. The largest absolute Gasteiger partial charge is 0.492 e. The van der Waals surface area contributed by atoms with Crippen molar-refractivity contribution in [1.82, 2.24) is 14.9 Å². The number of aromatic nitrogens is 2. The Labute approximate surface area is 141 Å². The second-order valence-electron chi connectivity index (χ2n) is 6.18. The molecular weight excluding hydrogens is 304 g/mol. The number of hydrogen-bond donors (Lipinski definition) is 0. The second-order valence-corrected chi connectivity index (χ2v) is 6.18. The Kier molecular flexibility index (Phi) is 4.02. The van der Waals surface area contributed by atoms with Gasteiger partial charge < -0.3 is 14.5 Å². The van der Waals surface area contributed by atoms with Gasteiger partial charge >= 0.3 is 0 Å². The molecule has 24 heavy (non-hydrogen) atoms. The van der Waals surface area contributed by atoms with Crippen molar-refractivity contribution >= 4 is 11.9 Å². The van der Waals surface area contributed by atoms with Crippen LogP contribution in [0.4, 0.5) is 5.95 Å². The van der Waals surface area contributed by atoms with Gasteiger partial charge in [0.25, 0.3) is 0 Å². The third-order valence-electron chi connectivity index (χ3n) is 4.65. The highest BCUT2D eigenvalue weighted by Crippen LogP contribution is 2.28. The average molecular weight is 324 g/mol. The van der Waals surface area contributed by atoms with E-state index in [1.54, 1.807) is 12.4 Å². The van der Waals surface area contributed by atoms with Crippen LogP contribution in [0.15, 0.2) is 42.7 Å². The molecule has 2 aliphatic heterocycles. The van der Waals surface area contributed by atoms with Gasteiger partial charge in [0.1, 0.15) is 12.4 Å². The molecule has 2 aliphatic rings. The molecule has 0 aliphatic carbocycles. The third kappa shape index (κ3) is 2.91. The fourth-order valence-corrected chi connectivity index (χ4v) is 3.33. The van der Waals surface area contributed by atoms with Gasteiger partial charge in [-0.15, -0.1) is 0 Å². The van der Waals surface area contributed by atoms with Crippen molar-refractivity contribution in [2.45, 2.75) is 6.42 Å². The first-order valence-electron chi connectivity index (χ1n) is 8.33. The number of rotatable bonds is 2. The summed E-state index contributed by atoms with van der Waals surface area (Å²) in [5.41, 5.74) is 1.12. The Morgan fingerprint density at radius 3 is 2.58 bits per heavy atom. The molecule has 1 amide bonds. The molecule has 1 saturated heterocycles. The van der Waals surface area contributed by atoms with E-state index in [-0.39, 0.29) is 11.8 Å². The monoisotopic (exact) mass is 324 g/mol. The number of para-hydroxylation sites is 1. The van der Waals surface area contributed by atoms with E-state index in [1.165, 1.54) is 0 Å². The number of carbonyl (C=O) groups excluding carboxylic acids is 1. The standard InChI is InChI=1S/C18H20N4O2/c23-17(15-12-14-4-1-2-5-16(14)24-13-15)21-8-10-22(11-9-21)18-19-6-3-7-20-18/h1-7,15H,8-13H2/t15-/m0/s1. The molecule has 1 fully saturated rings. The first-order valence-corrected chi connectivity index (χ1v) is 8.33. The highest BCUT2D eigenvalue weighted by molar-refractivity contribution is 5.80. The molecule has 4 rings (SSSR count). The fraction of sp³-hybridized carbons (Fsp3) is 0.389. The molecule has 1 aromatic carbocycles. The van der Waals surface area contributed by atoms with Gasteiger partial charge in [-0.3, -0.25) is 4.79 Å². The minimum atomic E-state index is -0.0839. The van der Waals surface area contributed by atoms with Crippen LogP contribution in [0.3, 0.4) is 0 Å². The molecule has 0 unspecified atom stereocenters. The summed E-state index contributed by atoms with van der Waals surface area (Å²) in [6.45, 7) is 3.40. The maximum absolute atomic E-state index is 12.8. The van der Waals surface area contributed by atoms with Crippen molar-refractivity contribution < 1.29 is 9.53 Å². The minimum absolute atomic E-state index is 0.0839. The highest BCUT2D eigenvalue weighted by Gasteiger charge is 2.31. The highest BCUT2D eigenvalue weighted by atomic mass is 16.5. The Bertz CT molecular complexity index is 714. The number of nitrogens with zero attached hydrogens (tertiary/aromatic N) is 4. The van der Waals surface area contributed by atoms with Crippen molar-refractivity contribution in [2.24, 2.45) is 5.92 Å². The molecule has 0 bridgehead atoms. The Balaban J connectivity index is 1.37. The number of piperazine rings is 1. The molecule has 0 saturated carbocycles. The summed E-state index contributed by atoms with van der Waals surface area (Å²) in [5.74, 6) is 1.75. The maximum atomic E-state index is 12.8. The van der Waals surface area contributed by atoms with E-state index in [0.717, 1.165) is 36.8 Å². The summed E-state index contributed by atoms with van der Waals surface area (Å²) in [6.07, 6.45) is 4.25. The van der Waals surface area contributed by atoms with Crippen LogP contribution in [-0.2, 0) is 11.2 Å². The van der Waals surface area contributed by atoms with Gasteiger partial charge in [0.05, 0.1) is 5.92 Å². The number of anilines is 1. The fourth-order valence-electron chi connectivity index (χ4n) is 3.33. The van der Waals surface area contributed by atoms with E-state index in [1.807, 2.05) is 35.2 Å². The van der Waals surface area contributed by atoms with Crippen LogP contribution in [0.25, 0.3) is 0 Å². The van der Waals surface area contributed by atoms with Crippen LogP contribution in [0.1, 0.15) is 5.56 Å². The van der Waals surface area contributed by atoms with Crippen LogP contribution in [0.5, 0.6) is 5.75 Å². The summed E-state index contributed by atoms with van der Waals surface area (Å²) in [7, 11) is 0. The quantitative estimate of drug-likeness (QED) is 0.835. The summed E-state index contributed by atoms with van der Waals surface area (Å²) < 4.78 is 5.76. The van der Waals surface area contributed by atoms with Crippen LogP contribution in [-0.4, -0.2) is 53.6 Å². The van der Waals surface area contributed by atoms with Crippen LogP contribution in [0.2, 0.25) is 0 Å². The number of amides is 1. The maximum Gasteiger partial charge on any atom is 0.229 e. The van der Waals surface area contributed by atoms with Crippen LogP contribution in [0, 0.1) is 5.92 Å². The average Bonchev–Trinajstić information content (AvgIpc) is 2.68. The van der Waals surface area contributed by atoms with Crippen molar-refractivity contribution in [3.63, 3.8) is 0 Å². The summed E-state index contributed by atoms with van der Waals surface area (Å²) in [4.78, 5) is 25.4. The number of ether oxygens (including phenoxy) is 1. The zero-order valence-corrected chi connectivity index (χ0v) is 13.5. The van der Waals surface area contributed by atoms with Crippen LogP contribution < -0.4 is 9.64 Å². The van der Waals surface area contributed by atoms with E-state index < -0.39 is 0 Å². The molecule has 0 spiro atoms. The molecule has 6 nitrogen and oxygen atoms in total. The van der Waals surface area contributed by atoms with E-state index in [9.17, 15) is 4.79 Å². The molecule has 1 aromatic heterocycles. The molecule has 6 heteroatoms. The smallest absolute Gasteiger partial charge is 0.229 e. The van der Waals surface area contributed by atoms with E-state index in [0.29, 0.717) is 19.7 Å². The van der Waals surface area contributed by atoms with Gasteiger partial charge in [-0.05, 0) is 24.1 Å². The van der Waals surface area contributed by atoms with Gasteiger partial charge in [0.15, 0.2) is 0 Å². The van der Waals surface area contributed by atoms with Gasteiger partial charge in [-0.2, -0.15) is 0 Å². The molecule has 0 radical (unpaired) electrons. The lowest BCUT2D eigenvalue weighted by Gasteiger charge is -2.37. The van der Waals surface area contributed by atoms with Crippen molar-refractivity contribution in [2.75, 3.05) is 37.7 Å². The minimum Gasteiger partial charge on any atom is -0.492 e. The van der Waals surface area contributed by atoms with Crippen molar-refractivity contribution in [3.8, 4) is 5.75 Å². The lowest BCUT2D eigenvalue weighted by Crippen LogP contribution is -2.52. The molecule has 124 valence electrons. The Hall–Kier alpha value is -2.63. The van der Waals surface area contributed by atoms with E-state index in [4.69, 9.17) is 4.74 Å². The van der Waals surface area contributed by atoms with Crippen molar-refractivity contribution in [1.29, 1.82) is 0 Å². The molecular formula is C18H20N4O2. The predicted octanol–water partition coefficient (Wildman–Crippen LogP) is 1.38. The zero-order chi connectivity index (χ0) is 16.4. The summed E-state index contributed by atoms with van der Waals surface area (Å²) in [5, 5.41) is 0. The topological polar surface area (TPSA) is 58.6 Å². The first kappa shape index (κ1) is 14.9. The third-order valence-corrected chi connectivity index (χ3v) is 4.65. The molecule has 2 aromatic rings. The van der Waals surface area contributed by atoms with Gasteiger partial charge in [0.2, 0.25) is 11.9 Å². The number of carbonyl (C=O) groups is 1. The number of fused-ring (bicyclic) bond motifs is 1. The van der Waals surface area contributed by atoms with Gasteiger partial charge in [-0.25, -0.2) is 9.97 Å². The Morgan fingerprint density at radius 2 is 1.79 bits per heavy atom. The first-order chi connectivity index (χ1) is 11.8. The van der Waals surface area contributed by atoms with Crippen LogP contribution >= 0.6 is 0 Å². The molecule has 3 heterocycles. The number of benzene rings is 1. The predicted molar refractivity (Wildman–Crippen MR) is 90.0 cm³/mol. The van der Waals surface area contributed by atoms with Gasteiger partial charge in [-0.1, -0.05) is 18.2 Å². The van der Waals surface area contributed by atoms with Gasteiger partial charge in [0, 0.05) is 38.6 Å². The molecule has 1 atom stereocenters. The number of hydrogen-bond acceptors (Lipinski definition) is 5. The SMILES string of the molecule is O=C([C@@H]1COc2ccccc2C1)N1CCN(c2ncccn2)CC1. The normalized spacial score (nSPS) is 20.2. The lowest BCUT2D eigenvalue weighted by molar-refractivity contribution is -0.137. The summed E-state index contributed by atoms with van der Waals surface area (Å²) >= 11 is 0. The zero-order valence-electron chi connectivity index (χ0n) is 13.5. The van der Waals surface area contributed by atoms with E-state index in [2.05, 4.69) is 14.9 Å².